The predicted molar refractivity (Wildman–Crippen MR) is 56.6 cm³/mol. The van der Waals surface area contributed by atoms with Crippen LogP contribution in [0.15, 0.2) is 6.20 Å². The zero-order chi connectivity index (χ0) is 9.59. The van der Waals surface area contributed by atoms with Crippen LogP contribution >= 0.6 is 22.6 Å². The van der Waals surface area contributed by atoms with E-state index in [0.717, 1.165) is 3.57 Å². The van der Waals surface area contributed by atoms with Crippen molar-refractivity contribution in [3.05, 3.63) is 15.5 Å². The van der Waals surface area contributed by atoms with Crippen molar-refractivity contribution in [2.75, 3.05) is 0 Å². The highest BCUT2D eigenvalue weighted by atomic mass is 127. The highest BCUT2D eigenvalue weighted by Crippen LogP contribution is 2.22. The topological polar surface area (TPSA) is 46.9 Å². The highest BCUT2D eigenvalue weighted by molar-refractivity contribution is 14.1. The van der Waals surface area contributed by atoms with E-state index in [1.54, 1.807) is 10.9 Å². The Labute approximate surface area is 89.8 Å². The molecule has 1 aliphatic rings. The van der Waals surface area contributed by atoms with Gasteiger partial charge in [-0.3, -0.25) is 9.48 Å². The van der Waals surface area contributed by atoms with Crippen molar-refractivity contribution < 1.29 is 4.79 Å². The van der Waals surface area contributed by atoms with Gasteiger partial charge in [0.05, 0.1) is 15.8 Å². The summed E-state index contributed by atoms with van der Waals surface area (Å²) >= 11 is 2.13. The Morgan fingerprint density at radius 1 is 1.62 bits per heavy atom. The highest BCUT2D eigenvalue weighted by Gasteiger charge is 2.30. The maximum Gasteiger partial charge on any atom is 0.270 e. The molecule has 1 amide bonds. The molecule has 2 heterocycles. The van der Waals surface area contributed by atoms with Crippen LogP contribution in [-0.2, 0) is 0 Å². The fraction of sp³-hybridized carbons (Fsp3) is 0.500. The maximum atomic E-state index is 11.5. The summed E-state index contributed by atoms with van der Waals surface area (Å²) in [5.41, 5.74) is 0.686. The summed E-state index contributed by atoms with van der Waals surface area (Å²) in [7, 11) is 0. The number of nitrogens with one attached hydrogen (secondary N) is 1. The van der Waals surface area contributed by atoms with Gasteiger partial charge in [-0.05, 0) is 36.4 Å². The van der Waals surface area contributed by atoms with Crippen LogP contribution in [0.1, 0.15) is 30.4 Å². The van der Waals surface area contributed by atoms with Crippen molar-refractivity contribution in [1.29, 1.82) is 0 Å². The molecule has 1 N–H and O–H groups in total. The van der Waals surface area contributed by atoms with Gasteiger partial charge in [-0.2, -0.15) is 5.10 Å². The van der Waals surface area contributed by atoms with E-state index in [9.17, 15) is 4.79 Å². The van der Waals surface area contributed by atoms with Crippen LogP contribution in [0, 0.1) is 3.57 Å². The lowest BCUT2D eigenvalue weighted by Gasteiger charge is -2.28. The molecule has 0 saturated heterocycles. The lowest BCUT2D eigenvalue weighted by Crippen LogP contribution is -2.45. The zero-order valence-electron chi connectivity index (χ0n) is 7.41. The monoisotopic (exact) mass is 291 g/mol. The first kappa shape index (κ1) is 8.98. The number of hydrogen-bond acceptors (Lipinski definition) is 2. The summed E-state index contributed by atoms with van der Waals surface area (Å²) in [5, 5.41) is 7.09. The van der Waals surface area contributed by atoms with E-state index in [-0.39, 0.29) is 18.0 Å². The summed E-state index contributed by atoms with van der Waals surface area (Å²) in [6.45, 7) is 4.04. The molecular formula is C8H10IN3O. The van der Waals surface area contributed by atoms with Gasteiger partial charge in [0.25, 0.3) is 5.91 Å². The van der Waals surface area contributed by atoms with Crippen LogP contribution in [0.25, 0.3) is 0 Å². The molecule has 0 aliphatic carbocycles. The first-order valence-corrected chi connectivity index (χ1v) is 5.23. The number of fused-ring (bicyclic) bond motifs is 1. The Morgan fingerprint density at radius 3 is 3.00 bits per heavy atom. The molecule has 0 unspecified atom stereocenters. The number of carbonyl (C=O) groups excluding carboxylic acids is 1. The fourth-order valence-electron chi connectivity index (χ4n) is 1.47. The van der Waals surface area contributed by atoms with Crippen LogP contribution in [0.5, 0.6) is 0 Å². The van der Waals surface area contributed by atoms with Gasteiger partial charge in [0, 0.05) is 6.04 Å². The largest absolute Gasteiger partial charge is 0.346 e. The Hall–Kier alpha value is -0.590. The number of hydrogen-bond donors (Lipinski definition) is 1. The summed E-state index contributed by atoms with van der Waals surface area (Å²) in [6.07, 6.45) is 1.73. The molecular weight excluding hydrogens is 281 g/mol. The molecule has 0 spiro atoms. The summed E-state index contributed by atoms with van der Waals surface area (Å²) in [5.74, 6) is -0.0208. The molecule has 0 saturated carbocycles. The van der Waals surface area contributed by atoms with Crippen LogP contribution in [0.2, 0.25) is 0 Å². The third kappa shape index (κ3) is 1.25. The molecule has 2 rings (SSSR count). The molecule has 0 fully saturated rings. The van der Waals surface area contributed by atoms with E-state index in [1.165, 1.54) is 0 Å². The molecule has 1 aromatic rings. The van der Waals surface area contributed by atoms with Gasteiger partial charge in [-0.1, -0.05) is 0 Å². The Balaban J connectivity index is 2.56. The van der Waals surface area contributed by atoms with Crippen LogP contribution in [-0.4, -0.2) is 21.7 Å². The van der Waals surface area contributed by atoms with Gasteiger partial charge in [0.2, 0.25) is 0 Å². The van der Waals surface area contributed by atoms with E-state index in [1.807, 2.05) is 6.92 Å². The minimum atomic E-state index is -0.0208. The Morgan fingerprint density at radius 2 is 2.31 bits per heavy atom. The lowest BCUT2D eigenvalue weighted by atomic mass is 10.1. The molecule has 1 aromatic heterocycles. The molecule has 0 bridgehead atoms. The predicted octanol–water partition coefficient (Wildman–Crippen LogP) is 1.18. The second-order valence-corrected chi connectivity index (χ2v) is 4.45. The molecule has 13 heavy (non-hydrogen) atoms. The van der Waals surface area contributed by atoms with Crippen LogP contribution in [0.4, 0.5) is 0 Å². The number of rotatable bonds is 0. The van der Waals surface area contributed by atoms with E-state index in [4.69, 9.17) is 0 Å². The van der Waals surface area contributed by atoms with Crippen molar-refractivity contribution in [3.8, 4) is 0 Å². The third-order valence-electron chi connectivity index (χ3n) is 2.43. The van der Waals surface area contributed by atoms with Crippen molar-refractivity contribution >= 4 is 28.5 Å². The number of aromatic nitrogens is 2. The van der Waals surface area contributed by atoms with Gasteiger partial charge in [-0.25, -0.2) is 0 Å². The third-order valence-corrected chi connectivity index (χ3v) is 3.22. The van der Waals surface area contributed by atoms with E-state index in [2.05, 4.69) is 39.9 Å². The van der Waals surface area contributed by atoms with Crippen molar-refractivity contribution in [3.63, 3.8) is 0 Å². The first-order chi connectivity index (χ1) is 6.11. The molecule has 0 radical (unpaired) electrons. The molecule has 5 heteroatoms. The maximum absolute atomic E-state index is 11.5. The molecule has 70 valence electrons. The number of halogens is 1. The van der Waals surface area contributed by atoms with Gasteiger partial charge < -0.3 is 5.32 Å². The van der Waals surface area contributed by atoms with Crippen LogP contribution < -0.4 is 5.32 Å². The van der Waals surface area contributed by atoms with Crippen molar-refractivity contribution in [2.45, 2.75) is 25.9 Å². The summed E-state index contributed by atoms with van der Waals surface area (Å²) in [6, 6.07) is 0.381. The SMILES string of the molecule is C[C@H]1NC(=O)c2c(I)cnn2[C@H]1C. The molecule has 2 atom stereocenters. The fourth-order valence-corrected chi connectivity index (χ4v) is 2.09. The van der Waals surface area contributed by atoms with Gasteiger partial charge in [0.1, 0.15) is 5.69 Å². The molecule has 0 aromatic carbocycles. The minimum Gasteiger partial charge on any atom is -0.346 e. The molecule has 1 aliphatic heterocycles. The number of nitrogens with zero attached hydrogens (tertiary/aromatic N) is 2. The molecule has 4 nitrogen and oxygen atoms in total. The summed E-state index contributed by atoms with van der Waals surface area (Å²) in [4.78, 5) is 11.5. The van der Waals surface area contributed by atoms with E-state index < -0.39 is 0 Å². The zero-order valence-corrected chi connectivity index (χ0v) is 9.57. The smallest absolute Gasteiger partial charge is 0.270 e. The first-order valence-electron chi connectivity index (χ1n) is 4.15. The van der Waals surface area contributed by atoms with Gasteiger partial charge in [0.15, 0.2) is 0 Å². The van der Waals surface area contributed by atoms with Crippen molar-refractivity contribution in [1.82, 2.24) is 15.1 Å². The van der Waals surface area contributed by atoms with Gasteiger partial charge in [-0.15, -0.1) is 0 Å². The van der Waals surface area contributed by atoms with Gasteiger partial charge >= 0.3 is 0 Å². The Bertz CT molecular complexity index is 360. The Kier molecular flexibility index (Phi) is 2.05. The standard InChI is InChI=1S/C8H10IN3O/c1-4-5(2)12-7(8(13)11-4)6(9)3-10-12/h3-5H,1-2H3,(H,11,13)/t4-,5+/m1/s1. The average molecular weight is 291 g/mol. The average Bonchev–Trinajstić information content (AvgIpc) is 2.44. The lowest BCUT2D eigenvalue weighted by molar-refractivity contribution is 0.0881. The summed E-state index contributed by atoms with van der Waals surface area (Å²) < 4.78 is 2.71. The second kappa shape index (κ2) is 2.97. The van der Waals surface area contributed by atoms with Crippen molar-refractivity contribution in [2.24, 2.45) is 0 Å². The normalized spacial score (nSPS) is 26.8. The van der Waals surface area contributed by atoms with Crippen LogP contribution in [0.3, 0.4) is 0 Å². The van der Waals surface area contributed by atoms with E-state index >= 15 is 0 Å². The quantitative estimate of drug-likeness (QED) is 0.730. The van der Waals surface area contributed by atoms with E-state index in [0.29, 0.717) is 5.69 Å². The minimum absolute atomic E-state index is 0.0208. The second-order valence-electron chi connectivity index (χ2n) is 3.29. The number of amides is 1. The number of carbonyl (C=O) groups is 1.